The number of nitrogens with zero attached hydrogens (tertiary/aromatic N) is 1. The number of benzene rings is 2. The van der Waals surface area contributed by atoms with Gasteiger partial charge < -0.3 is 5.73 Å². The molecule has 3 rings (SSSR count). The van der Waals surface area contributed by atoms with Gasteiger partial charge in [-0.25, -0.2) is 0 Å². The van der Waals surface area contributed by atoms with Crippen molar-refractivity contribution < 1.29 is 4.79 Å². The average Bonchev–Trinajstić information content (AvgIpc) is 2.62. The molecule has 1 heterocycles. The molecule has 1 aromatic heterocycles. The molecule has 0 fully saturated rings. The quantitative estimate of drug-likeness (QED) is 0.596. The van der Waals surface area contributed by atoms with E-state index in [1.807, 2.05) is 42.5 Å². The molecule has 3 aromatic rings. The van der Waals surface area contributed by atoms with E-state index in [9.17, 15) is 4.79 Å². The number of aromatic nitrogens is 1. The van der Waals surface area contributed by atoms with Crippen molar-refractivity contribution >= 4 is 33.4 Å². The molecule has 0 aliphatic heterocycles. The molecule has 2 aromatic carbocycles. The van der Waals surface area contributed by atoms with Crippen molar-refractivity contribution in [3.05, 3.63) is 42.5 Å². The number of fused-ring (bicyclic) bond motifs is 3. The summed E-state index contributed by atoms with van der Waals surface area (Å²) in [4.78, 5) is 11.8. The third-order valence-corrected chi connectivity index (χ3v) is 3.01. The van der Waals surface area contributed by atoms with Gasteiger partial charge in [-0.2, -0.15) is 0 Å². The maximum atomic E-state index is 11.8. The predicted octanol–water partition coefficient (Wildman–Crippen LogP) is 3.04. The molecular weight excluding hydrogens is 212 g/mol. The number of rotatable bonds is 0. The van der Waals surface area contributed by atoms with Crippen LogP contribution in [0.1, 0.15) is 11.7 Å². The van der Waals surface area contributed by atoms with Crippen molar-refractivity contribution in [2.24, 2.45) is 0 Å². The molecule has 0 spiro atoms. The Kier molecular flexibility index (Phi) is 1.95. The molecule has 17 heavy (non-hydrogen) atoms. The first-order valence-electron chi connectivity index (χ1n) is 5.48. The van der Waals surface area contributed by atoms with Gasteiger partial charge in [0.2, 0.25) is 5.91 Å². The lowest BCUT2D eigenvalue weighted by atomic mass is 10.1. The van der Waals surface area contributed by atoms with E-state index < -0.39 is 0 Å². The Morgan fingerprint density at radius 2 is 1.76 bits per heavy atom. The van der Waals surface area contributed by atoms with Gasteiger partial charge in [0.05, 0.1) is 11.0 Å². The van der Waals surface area contributed by atoms with Crippen LogP contribution in [0.4, 0.5) is 5.69 Å². The lowest BCUT2D eigenvalue weighted by Gasteiger charge is -2.01. The fourth-order valence-electron chi connectivity index (χ4n) is 2.33. The van der Waals surface area contributed by atoms with E-state index in [1.54, 1.807) is 11.5 Å². The molecule has 0 aliphatic rings. The summed E-state index contributed by atoms with van der Waals surface area (Å²) in [5.41, 5.74) is 8.26. The first-order chi connectivity index (χ1) is 8.18. The van der Waals surface area contributed by atoms with Crippen LogP contribution in [0.2, 0.25) is 0 Å². The number of hydrogen-bond acceptors (Lipinski definition) is 2. The van der Waals surface area contributed by atoms with Crippen molar-refractivity contribution in [3.8, 4) is 0 Å². The molecule has 3 nitrogen and oxygen atoms in total. The van der Waals surface area contributed by atoms with Gasteiger partial charge in [-0.05, 0) is 18.2 Å². The number of anilines is 1. The Labute approximate surface area is 98.4 Å². The highest BCUT2D eigenvalue weighted by atomic mass is 16.1. The maximum absolute atomic E-state index is 11.8. The van der Waals surface area contributed by atoms with E-state index in [2.05, 4.69) is 0 Å². The summed E-state index contributed by atoms with van der Waals surface area (Å²) >= 11 is 0. The van der Waals surface area contributed by atoms with Gasteiger partial charge in [0, 0.05) is 23.4 Å². The van der Waals surface area contributed by atoms with Gasteiger partial charge in [-0.1, -0.05) is 24.3 Å². The normalized spacial score (nSPS) is 11.1. The summed E-state index contributed by atoms with van der Waals surface area (Å²) in [6, 6.07) is 13.6. The predicted molar refractivity (Wildman–Crippen MR) is 70.2 cm³/mol. The molecule has 0 amide bonds. The largest absolute Gasteiger partial charge is 0.399 e. The molecular formula is C14H12N2O. The number of hydrogen-bond donors (Lipinski definition) is 1. The van der Waals surface area contributed by atoms with Crippen molar-refractivity contribution in [2.75, 3.05) is 5.73 Å². The van der Waals surface area contributed by atoms with Gasteiger partial charge in [0.15, 0.2) is 0 Å². The average molecular weight is 224 g/mol. The number of carbonyl (C=O) groups is 1. The highest BCUT2D eigenvalue weighted by molar-refractivity contribution is 6.13. The Hall–Kier alpha value is -2.29. The number of para-hydroxylation sites is 1. The van der Waals surface area contributed by atoms with Crippen LogP contribution >= 0.6 is 0 Å². The van der Waals surface area contributed by atoms with E-state index >= 15 is 0 Å². The van der Waals surface area contributed by atoms with E-state index in [4.69, 9.17) is 5.73 Å². The zero-order valence-electron chi connectivity index (χ0n) is 9.47. The highest BCUT2D eigenvalue weighted by Crippen LogP contribution is 2.29. The molecule has 0 radical (unpaired) electrons. The lowest BCUT2D eigenvalue weighted by molar-refractivity contribution is 0.0946. The van der Waals surface area contributed by atoms with Gasteiger partial charge in [-0.15, -0.1) is 0 Å². The topological polar surface area (TPSA) is 48.0 Å². The van der Waals surface area contributed by atoms with E-state index in [1.165, 1.54) is 0 Å². The molecule has 3 heteroatoms. The lowest BCUT2D eigenvalue weighted by Crippen LogP contribution is -2.04. The zero-order valence-corrected chi connectivity index (χ0v) is 9.47. The van der Waals surface area contributed by atoms with Gasteiger partial charge in [-0.3, -0.25) is 9.36 Å². The van der Waals surface area contributed by atoms with Crippen LogP contribution < -0.4 is 5.73 Å². The monoisotopic (exact) mass is 224 g/mol. The van der Waals surface area contributed by atoms with Crippen LogP contribution in [0.25, 0.3) is 21.8 Å². The summed E-state index contributed by atoms with van der Waals surface area (Å²) in [5.74, 6) is 0.00167. The fraction of sp³-hybridized carbons (Fsp3) is 0.0714. The molecule has 0 saturated carbocycles. The Bertz CT molecular complexity index is 740. The zero-order chi connectivity index (χ0) is 12.0. The fourth-order valence-corrected chi connectivity index (χ4v) is 2.33. The van der Waals surface area contributed by atoms with Crippen LogP contribution in [0.15, 0.2) is 42.5 Å². The first kappa shape index (κ1) is 9.90. The van der Waals surface area contributed by atoms with Crippen molar-refractivity contribution in [2.45, 2.75) is 6.92 Å². The molecule has 84 valence electrons. The van der Waals surface area contributed by atoms with Crippen LogP contribution in [-0.4, -0.2) is 10.5 Å². The molecule has 0 aliphatic carbocycles. The van der Waals surface area contributed by atoms with Crippen LogP contribution in [0, 0.1) is 0 Å². The minimum absolute atomic E-state index is 0.00167. The van der Waals surface area contributed by atoms with Crippen molar-refractivity contribution in [1.29, 1.82) is 0 Å². The van der Waals surface area contributed by atoms with Crippen LogP contribution in [0.3, 0.4) is 0 Å². The second kappa shape index (κ2) is 3.35. The minimum Gasteiger partial charge on any atom is -0.399 e. The Morgan fingerprint density at radius 1 is 1.06 bits per heavy atom. The first-order valence-corrected chi connectivity index (χ1v) is 5.48. The van der Waals surface area contributed by atoms with Gasteiger partial charge >= 0.3 is 0 Å². The number of nitrogen functional groups attached to an aromatic ring is 1. The summed E-state index contributed by atoms with van der Waals surface area (Å²) in [5, 5.41) is 2.14. The van der Waals surface area contributed by atoms with Gasteiger partial charge in [0.25, 0.3) is 0 Å². The summed E-state index contributed by atoms with van der Waals surface area (Å²) < 4.78 is 1.71. The summed E-state index contributed by atoms with van der Waals surface area (Å²) in [6.45, 7) is 1.56. The standard InChI is InChI=1S/C14H12N2O/c1-9(17)16-13-5-3-2-4-11(13)12-7-6-10(15)8-14(12)16/h2-8H,15H2,1H3. The molecule has 0 atom stereocenters. The smallest absolute Gasteiger partial charge is 0.228 e. The molecule has 0 saturated heterocycles. The van der Waals surface area contributed by atoms with Crippen molar-refractivity contribution in [1.82, 2.24) is 4.57 Å². The van der Waals surface area contributed by atoms with E-state index in [0.29, 0.717) is 5.69 Å². The van der Waals surface area contributed by atoms with Crippen LogP contribution in [0.5, 0.6) is 0 Å². The molecule has 0 bridgehead atoms. The highest BCUT2D eigenvalue weighted by Gasteiger charge is 2.12. The third kappa shape index (κ3) is 1.32. The maximum Gasteiger partial charge on any atom is 0.228 e. The van der Waals surface area contributed by atoms with Crippen molar-refractivity contribution in [3.63, 3.8) is 0 Å². The second-order valence-corrected chi connectivity index (χ2v) is 4.15. The van der Waals surface area contributed by atoms with E-state index in [0.717, 1.165) is 21.8 Å². The third-order valence-electron chi connectivity index (χ3n) is 3.01. The Balaban J connectivity index is 2.62. The van der Waals surface area contributed by atoms with Gasteiger partial charge in [0.1, 0.15) is 0 Å². The minimum atomic E-state index is 0.00167. The van der Waals surface area contributed by atoms with E-state index in [-0.39, 0.29) is 5.91 Å². The molecule has 0 unspecified atom stereocenters. The summed E-state index contributed by atoms with van der Waals surface area (Å²) in [7, 11) is 0. The summed E-state index contributed by atoms with van der Waals surface area (Å²) in [6.07, 6.45) is 0. The number of nitrogens with two attached hydrogens (primary N) is 1. The Morgan fingerprint density at radius 3 is 2.53 bits per heavy atom. The SMILES string of the molecule is CC(=O)n1c2ccccc2c2ccc(N)cc21. The second-order valence-electron chi connectivity index (χ2n) is 4.15. The van der Waals surface area contributed by atoms with Crippen LogP contribution in [-0.2, 0) is 0 Å². The number of carbonyl (C=O) groups excluding carboxylic acids is 1. The molecule has 2 N–H and O–H groups in total.